The number of hydrogen-bond acceptors (Lipinski definition) is 3. The van der Waals surface area contributed by atoms with Crippen LogP contribution in [0, 0.1) is 5.82 Å². The molecule has 0 aliphatic carbocycles. The minimum absolute atomic E-state index is 0.280. The van der Waals surface area contributed by atoms with Crippen molar-refractivity contribution in [2.75, 3.05) is 6.54 Å². The molecule has 0 atom stereocenters. The van der Waals surface area contributed by atoms with E-state index in [0.29, 0.717) is 11.6 Å². The number of nitrogens with zero attached hydrogens (tertiary/aromatic N) is 1. The van der Waals surface area contributed by atoms with E-state index >= 15 is 0 Å². The molecule has 0 fully saturated rings. The highest BCUT2D eigenvalue weighted by Gasteiger charge is 2.01. The molecule has 0 spiro atoms. The van der Waals surface area contributed by atoms with E-state index in [2.05, 4.69) is 17.2 Å². The van der Waals surface area contributed by atoms with Crippen molar-refractivity contribution in [2.24, 2.45) is 0 Å². The molecule has 2 aromatic rings. The molecule has 1 N–H and O–H groups in total. The number of ether oxygens (including phenoxy) is 1. The molecule has 3 nitrogen and oxygen atoms in total. The Morgan fingerprint density at radius 2 is 2.00 bits per heavy atom. The summed E-state index contributed by atoms with van der Waals surface area (Å²) < 4.78 is 18.4. The van der Waals surface area contributed by atoms with Gasteiger partial charge in [0.05, 0.1) is 0 Å². The molecule has 4 heteroatoms. The molecular formula is C15H17FN2O. The van der Waals surface area contributed by atoms with Crippen LogP contribution in [0.3, 0.4) is 0 Å². The predicted molar refractivity (Wildman–Crippen MR) is 72.7 cm³/mol. The number of nitrogens with one attached hydrogen (secondary N) is 1. The number of benzene rings is 1. The van der Waals surface area contributed by atoms with Crippen molar-refractivity contribution in [1.82, 2.24) is 10.3 Å². The number of rotatable bonds is 6. The van der Waals surface area contributed by atoms with Crippen LogP contribution in [0.5, 0.6) is 11.6 Å². The summed E-state index contributed by atoms with van der Waals surface area (Å²) in [6.07, 6.45) is 2.81. The van der Waals surface area contributed by atoms with E-state index in [9.17, 15) is 4.39 Å². The zero-order chi connectivity index (χ0) is 13.5. The molecule has 0 saturated heterocycles. The second-order valence-electron chi connectivity index (χ2n) is 4.24. The first-order chi connectivity index (χ1) is 9.28. The van der Waals surface area contributed by atoms with Gasteiger partial charge in [-0.1, -0.05) is 6.92 Å². The van der Waals surface area contributed by atoms with E-state index < -0.39 is 0 Å². The summed E-state index contributed by atoms with van der Waals surface area (Å²) in [6.45, 7) is 3.90. The van der Waals surface area contributed by atoms with Crippen LogP contribution in [0.15, 0.2) is 42.6 Å². The first kappa shape index (κ1) is 13.5. The normalized spacial score (nSPS) is 10.4. The summed E-state index contributed by atoms with van der Waals surface area (Å²) in [6, 6.07) is 9.72. The van der Waals surface area contributed by atoms with Gasteiger partial charge in [-0.25, -0.2) is 9.37 Å². The number of pyridine rings is 1. The number of halogens is 1. The summed E-state index contributed by atoms with van der Waals surface area (Å²) in [5.74, 6) is 0.813. The van der Waals surface area contributed by atoms with Crippen molar-refractivity contribution in [3.63, 3.8) is 0 Å². The molecule has 0 amide bonds. The first-order valence-electron chi connectivity index (χ1n) is 6.37. The Morgan fingerprint density at radius 1 is 1.21 bits per heavy atom. The van der Waals surface area contributed by atoms with Crippen LogP contribution in [-0.2, 0) is 6.54 Å². The lowest BCUT2D eigenvalue weighted by Crippen LogP contribution is -2.13. The molecule has 1 aromatic heterocycles. The van der Waals surface area contributed by atoms with Gasteiger partial charge in [-0.2, -0.15) is 0 Å². The van der Waals surface area contributed by atoms with Gasteiger partial charge < -0.3 is 10.1 Å². The van der Waals surface area contributed by atoms with Gasteiger partial charge in [0, 0.05) is 18.8 Å². The minimum Gasteiger partial charge on any atom is -0.439 e. The highest BCUT2D eigenvalue weighted by atomic mass is 19.1. The third-order valence-electron chi connectivity index (χ3n) is 2.59. The average Bonchev–Trinajstić information content (AvgIpc) is 2.42. The van der Waals surface area contributed by atoms with E-state index in [1.165, 1.54) is 12.1 Å². The summed E-state index contributed by atoms with van der Waals surface area (Å²) in [7, 11) is 0. The van der Waals surface area contributed by atoms with Crippen molar-refractivity contribution in [1.29, 1.82) is 0 Å². The van der Waals surface area contributed by atoms with Crippen molar-refractivity contribution in [2.45, 2.75) is 19.9 Å². The third-order valence-corrected chi connectivity index (χ3v) is 2.59. The van der Waals surface area contributed by atoms with Gasteiger partial charge in [-0.3, -0.25) is 0 Å². The lowest BCUT2D eigenvalue weighted by Gasteiger charge is -2.07. The van der Waals surface area contributed by atoms with Gasteiger partial charge in [0.25, 0.3) is 0 Å². The largest absolute Gasteiger partial charge is 0.439 e. The second-order valence-corrected chi connectivity index (χ2v) is 4.24. The topological polar surface area (TPSA) is 34.2 Å². The van der Waals surface area contributed by atoms with Crippen molar-refractivity contribution in [3.8, 4) is 11.6 Å². The lowest BCUT2D eigenvalue weighted by molar-refractivity contribution is 0.460. The van der Waals surface area contributed by atoms with E-state index in [0.717, 1.165) is 25.1 Å². The van der Waals surface area contributed by atoms with Gasteiger partial charge >= 0.3 is 0 Å². The Balaban J connectivity index is 2.00. The molecule has 1 aromatic carbocycles. The first-order valence-corrected chi connectivity index (χ1v) is 6.37. The molecular weight excluding hydrogens is 243 g/mol. The second kappa shape index (κ2) is 6.85. The molecule has 0 aliphatic heterocycles. The maximum atomic E-state index is 12.8. The van der Waals surface area contributed by atoms with Crippen LogP contribution in [0.2, 0.25) is 0 Å². The third kappa shape index (κ3) is 4.34. The summed E-state index contributed by atoms with van der Waals surface area (Å²) in [5.41, 5.74) is 1.11. The molecule has 19 heavy (non-hydrogen) atoms. The van der Waals surface area contributed by atoms with Crippen LogP contribution in [0.25, 0.3) is 0 Å². The number of hydrogen-bond donors (Lipinski definition) is 1. The van der Waals surface area contributed by atoms with Gasteiger partial charge in [0.2, 0.25) is 5.88 Å². The maximum Gasteiger partial charge on any atom is 0.219 e. The molecule has 1 heterocycles. The Labute approximate surface area is 112 Å². The molecule has 0 saturated carbocycles. The highest BCUT2D eigenvalue weighted by molar-refractivity contribution is 5.29. The van der Waals surface area contributed by atoms with Crippen molar-refractivity contribution >= 4 is 0 Å². The Morgan fingerprint density at radius 3 is 2.74 bits per heavy atom. The lowest BCUT2D eigenvalue weighted by atomic mass is 10.2. The summed E-state index contributed by atoms with van der Waals surface area (Å²) in [5, 5.41) is 3.32. The van der Waals surface area contributed by atoms with E-state index in [4.69, 9.17) is 4.74 Å². The molecule has 0 bridgehead atoms. The minimum atomic E-state index is -0.280. The molecule has 100 valence electrons. The average molecular weight is 260 g/mol. The van der Waals surface area contributed by atoms with E-state index in [1.807, 2.05) is 12.1 Å². The fourth-order valence-electron chi connectivity index (χ4n) is 1.65. The van der Waals surface area contributed by atoms with E-state index in [-0.39, 0.29) is 5.82 Å². The zero-order valence-corrected chi connectivity index (χ0v) is 10.9. The van der Waals surface area contributed by atoms with Crippen molar-refractivity contribution < 1.29 is 9.13 Å². The van der Waals surface area contributed by atoms with Crippen LogP contribution in [0.4, 0.5) is 4.39 Å². The van der Waals surface area contributed by atoms with Gasteiger partial charge in [0.1, 0.15) is 11.6 Å². The van der Waals surface area contributed by atoms with Crippen LogP contribution < -0.4 is 10.1 Å². The van der Waals surface area contributed by atoms with Gasteiger partial charge in [0.15, 0.2) is 0 Å². The van der Waals surface area contributed by atoms with E-state index in [1.54, 1.807) is 18.3 Å². The van der Waals surface area contributed by atoms with Crippen molar-refractivity contribution in [3.05, 3.63) is 54.0 Å². The standard InChI is InChI=1S/C15H17FN2O/c1-2-8-17-11-12-7-9-18-15(10-12)19-14-5-3-13(16)4-6-14/h3-7,9-10,17H,2,8,11H2,1H3. The molecule has 0 radical (unpaired) electrons. The van der Waals surface area contributed by atoms with Crippen LogP contribution in [0.1, 0.15) is 18.9 Å². The zero-order valence-electron chi connectivity index (χ0n) is 10.9. The molecule has 2 rings (SSSR count). The molecule has 0 unspecified atom stereocenters. The monoisotopic (exact) mass is 260 g/mol. The predicted octanol–water partition coefficient (Wildman–Crippen LogP) is 3.51. The van der Waals surface area contributed by atoms with Crippen LogP contribution >= 0.6 is 0 Å². The van der Waals surface area contributed by atoms with Gasteiger partial charge in [-0.15, -0.1) is 0 Å². The fraction of sp³-hybridized carbons (Fsp3) is 0.267. The Bertz CT molecular complexity index is 514. The highest BCUT2D eigenvalue weighted by Crippen LogP contribution is 2.20. The Kier molecular flexibility index (Phi) is 4.86. The SMILES string of the molecule is CCCNCc1ccnc(Oc2ccc(F)cc2)c1. The fourth-order valence-corrected chi connectivity index (χ4v) is 1.65. The number of aromatic nitrogens is 1. The van der Waals surface area contributed by atoms with Crippen LogP contribution in [-0.4, -0.2) is 11.5 Å². The summed E-state index contributed by atoms with van der Waals surface area (Å²) in [4.78, 5) is 4.14. The maximum absolute atomic E-state index is 12.8. The van der Waals surface area contributed by atoms with Gasteiger partial charge in [-0.05, 0) is 48.9 Å². The summed E-state index contributed by atoms with van der Waals surface area (Å²) >= 11 is 0. The Hall–Kier alpha value is -1.94. The smallest absolute Gasteiger partial charge is 0.219 e. The quantitative estimate of drug-likeness (QED) is 0.807. The molecule has 0 aliphatic rings.